The first-order chi connectivity index (χ1) is 25.0. The standard InChI is InChI=1S/C38H44N10O2S2/c1-23-9-13-29(14-10-23)19-31-25(3)41-35-43-37(45-47(35)27(31)5)51-21-33(49)39-17-7-8-18-40-34(50)22-52-38-44-36-42-26(4)32(28(6)48(36)46-38)20-30-15-11-24(2)12-16-30/h9-16H,7-8,17-22H2,1-6H3,(H,39,49)(H,40,50). The molecule has 0 fully saturated rings. The Kier molecular flexibility index (Phi) is 11.9. The number of rotatable bonds is 15. The number of unbranched alkanes of at least 4 members (excludes halogenated alkanes) is 1. The highest BCUT2D eigenvalue weighted by molar-refractivity contribution is 8.00. The fourth-order valence-electron chi connectivity index (χ4n) is 5.90. The van der Waals surface area contributed by atoms with Crippen LogP contribution in [0, 0.1) is 41.5 Å². The van der Waals surface area contributed by atoms with E-state index in [1.807, 2.05) is 27.7 Å². The predicted octanol–water partition coefficient (Wildman–Crippen LogP) is 5.49. The van der Waals surface area contributed by atoms with Gasteiger partial charge in [-0.3, -0.25) is 9.59 Å². The van der Waals surface area contributed by atoms with Gasteiger partial charge in [0.2, 0.25) is 22.1 Å². The van der Waals surface area contributed by atoms with Crippen molar-refractivity contribution in [2.75, 3.05) is 24.6 Å². The first-order valence-electron chi connectivity index (χ1n) is 17.4. The lowest BCUT2D eigenvalue weighted by Gasteiger charge is -2.10. The molecule has 0 unspecified atom stereocenters. The lowest BCUT2D eigenvalue weighted by molar-refractivity contribution is -0.119. The van der Waals surface area contributed by atoms with Gasteiger partial charge in [0.1, 0.15) is 0 Å². The Morgan fingerprint density at radius 1 is 0.577 bits per heavy atom. The van der Waals surface area contributed by atoms with Gasteiger partial charge in [0.15, 0.2) is 0 Å². The second-order valence-electron chi connectivity index (χ2n) is 13.0. The highest BCUT2D eigenvalue weighted by atomic mass is 32.2. The molecule has 0 radical (unpaired) electrons. The smallest absolute Gasteiger partial charge is 0.253 e. The van der Waals surface area contributed by atoms with E-state index in [0.717, 1.165) is 59.6 Å². The Morgan fingerprint density at radius 2 is 0.962 bits per heavy atom. The molecule has 4 heterocycles. The number of fused-ring (bicyclic) bond motifs is 2. The van der Waals surface area contributed by atoms with Gasteiger partial charge in [-0.05, 0) is 76.6 Å². The van der Waals surface area contributed by atoms with Crippen LogP contribution in [0.25, 0.3) is 11.6 Å². The van der Waals surface area contributed by atoms with E-state index in [9.17, 15) is 9.59 Å². The molecule has 6 rings (SSSR count). The predicted molar refractivity (Wildman–Crippen MR) is 205 cm³/mol. The molecule has 4 aromatic heterocycles. The van der Waals surface area contributed by atoms with E-state index in [4.69, 9.17) is 0 Å². The van der Waals surface area contributed by atoms with Crippen LogP contribution in [0.3, 0.4) is 0 Å². The van der Waals surface area contributed by atoms with Crippen LogP contribution in [0.15, 0.2) is 58.8 Å². The van der Waals surface area contributed by atoms with Crippen molar-refractivity contribution < 1.29 is 9.59 Å². The fraction of sp³-hybridized carbons (Fsp3) is 0.368. The number of benzene rings is 2. The third-order valence-corrected chi connectivity index (χ3v) is 10.6. The molecule has 12 nitrogen and oxygen atoms in total. The molecule has 0 spiro atoms. The summed E-state index contributed by atoms with van der Waals surface area (Å²) in [5.74, 6) is 1.30. The molecule has 0 aliphatic carbocycles. The number of nitrogens with one attached hydrogen (secondary N) is 2. The average molecular weight is 737 g/mol. The third-order valence-electron chi connectivity index (χ3n) is 8.97. The molecule has 0 saturated carbocycles. The molecule has 6 aromatic rings. The maximum Gasteiger partial charge on any atom is 0.253 e. The summed E-state index contributed by atoms with van der Waals surface area (Å²) in [4.78, 5) is 43.5. The number of aromatic nitrogens is 8. The Hall–Kier alpha value is -4.82. The van der Waals surface area contributed by atoms with Gasteiger partial charge in [0, 0.05) is 48.7 Å². The number of carbonyl (C=O) groups is 2. The van der Waals surface area contributed by atoms with Crippen LogP contribution in [0.2, 0.25) is 0 Å². The van der Waals surface area contributed by atoms with Crippen LogP contribution in [-0.4, -0.2) is 75.6 Å². The van der Waals surface area contributed by atoms with Crippen LogP contribution in [-0.2, 0) is 22.4 Å². The van der Waals surface area contributed by atoms with Gasteiger partial charge in [-0.15, -0.1) is 10.2 Å². The molecule has 14 heteroatoms. The van der Waals surface area contributed by atoms with Gasteiger partial charge in [-0.1, -0.05) is 83.2 Å². The van der Waals surface area contributed by atoms with E-state index in [2.05, 4.69) is 103 Å². The maximum atomic E-state index is 12.5. The molecular formula is C38H44N10O2S2. The number of nitrogens with zero attached hydrogens (tertiary/aromatic N) is 8. The summed E-state index contributed by atoms with van der Waals surface area (Å²) >= 11 is 2.58. The SMILES string of the molecule is Cc1ccc(Cc2c(C)nc3nc(SCC(=O)NCCCCNC(=O)CSc4nc5nc(C)c(Cc6ccc(C)cc6)c(C)n5n4)nn3c2C)cc1. The molecule has 270 valence electrons. The minimum absolute atomic E-state index is 0.0904. The van der Waals surface area contributed by atoms with Gasteiger partial charge in [-0.25, -0.2) is 19.0 Å². The highest BCUT2D eigenvalue weighted by Gasteiger charge is 2.17. The van der Waals surface area contributed by atoms with E-state index in [1.54, 1.807) is 9.03 Å². The molecule has 0 bridgehead atoms. The normalized spacial score (nSPS) is 11.4. The molecular weight excluding hydrogens is 693 g/mol. The summed E-state index contributed by atoms with van der Waals surface area (Å²) in [6, 6.07) is 17.0. The molecule has 2 amide bonds. The van der Waals surface area contributed by atoms with E-state index in [-0.39, 0.29) is 23.3 Å². The van der Waals surface area contributed by atoms with Crippen LogP contribution in [0.4, 0.5) is 0 Å². The van der Waals surface area contributed by atoms with Gasteiger partial charge in [-0.2, -0.15) is 9.97 Å². The van der Waals surface area contributed by atoms with Gasteiger partial charge >= 0.3 is 0 Å². The largest absolute Gasteiger partial charge is 0.355 e. The zero-order chi connectivity index (χ0) is 36.8. The van der Waals surface area contributed by atoms with Crippen molar-refractivity contribution in [3.8, 4) is 0 Å². The Balaban J connectivity index is 0.891. The van der Waals surface area contributed by atoms with E-state index >= 15 is 0 Å². The van der Waals surface area contributed by atoms with Crippen molar-refractivity contribution >= 4 is 46.9 Å². The number of carbonyl (C=O) groups excluding carboxylic acids is 2. The van der Waals surface area contributed by atoms with Crippen LogP contribution in [0.1, 0.15) is 69.0 Å². The molecule has 0 atom stereocenters. The average Bonchev–Trinajstić information content (AvgIpc) is 3.73. The Labute approximate surface area is 312 Å². The van der Waals surface area contributed by atoms with Crippen molar-refractivity contribution in [3.05, 3.63) is 105 Å². The molecule has 0 aliphatic heterocycles. The van der Waals surface area contributed by atoms with E-state index < -0.39 is 0 Å². The molecule has 2 N–H and O–H groups in total. The summed E-state index contributed by atoms with van der Waals surface area (Å²) in [6.45, 7) is 13.3. The quantitative estimate of drug-likeness (QED) is 0.103. The topological polar surface area (TPSA) is 144 Å². The second kappa shape index (κ2) is 16.7. The highest BCUT2D eigenvalue weighted by Crippen LogP contribution is 2.22. The first-order valence-corrected chi connectivity index (χ1v) is 19.4. The van der Waals surface area contributed by atoms with Gasteiger partial charge in [0.05, 0.1) is 11.5 Å². The third kappa shape index (κ3) is 9.15. The Morgan fingerprint density at radius 3 is 1.35 bits per heavy atom. The number of thioether (sulfide) groups is 2. The Bertz CT molecular complexity index is 2050. The molecule has 52 heavy (non-hydrogen) atoms. The van der Waals surface area contributed by atoms with Crippen LogP contribution >= 0.6 is 23.5 Å². The first kappa shape index (κ1) is 37.0. The number of aryl methyl sites for hydroxylation is 6. The van der Waals surface area contributed by atoms with Gasteiger partial charge < -0.3 is 10.6 Å². The summed E-state index contributed by atoms with van der Waals surface area (Å²) < 4.78 is 3.53. The molecule has 0 saturated heterocycles. The molecule has 2 aromatic carbocycles. The zero-order valence-corrected chi connectivity index (χ0v) is 32.1. The van der Waals surface area contributed by atoms with E-state index in [1.165, 1.54) is 45.8 Å². The fourth-order valence-corrected chi connectivity index (χ4v) is 7.20. The molecule has 0 aliphatic rings. The summed E-state index contributed by atoms with van der Waals surface area (Å²) in [7, 11) is 0. The van der Waals surface area contributed by atoms with Crippen molar-refractivity contribution in [2.24, 2.45) is 0 Å². The van der Waals surface area contributed by atoms with Crippen molar-refractivity contribution in [1.29, 1.82) is 0 Å². The minimum Gasteiger partial charge on any atom is -0.355 e. The number of hydrogen-bond acceptors (Lipinski definition) is 10. The van der Waals surface area contributed by atoms with Crippen molar-refractivity contribution in [2.45, 2.75) is 77.5 Å². The summed E-state index contributed by atoms with van der Waals surface area (Å²) in [5, 5.41) is 16.2. The van der Waals surface area contributed by atoms with E-state index in [0.29, 0.717) is 35.0 Å². The minimum atomic E-state index is -0.0904. The lowest BCUT2D eigenvalue weighted by atomic mass is 10.0. The summed E-state index contributed by atoms with van der Waals surface area (Å²) in [6.07, 6.45) is 3.02. The number of amides is 2. The monoisotopic (exact) mass is 736 g/mol. The second-order valence-corrected chi connectivity index (χ2v) is 14.9. The number of hydrogen-bond donors (Lipinski definition) is 2. The lowest BCUT2D eigenvalue weighted by Crippen LogP contribution is -2.29. The van der Waals surface area contributed by atoms with Crippen LogP contribution in [0.5, 0.6) is 0 Å². The maximum absolute atomic E-state index is 12.5. The zero-order valence-electron chi connectivity index (χ0n) is 30.5. The van der Waals surface area contributed by atoms with Crippen molar-refractivity contribution in [1.82, 2.24) is 49.8 Å². The summed E-state index contributed by atoms with van der Waals surface area (Å²) in [5.41, 5.74) is 11.0. The van der Waals surface area contributed by atoms with Crippen molar-refractivity contribution in [3.63, 3.8) is 0 Å². The van der Waals surface area contributed by atoms with Crippen LogP contribution < -0.4 is 10.6 Å². The van der Waals surface area contributed by atoms with Gasteiger partial charge in [0.25, 0.3) is 11.6 Å².